The topological polar surface area (TPSA) is 103 Å². The predicted molar refractivity (Wildman–Crippen MR) is 82.6 cm³/mol. The fourth-order valence-electron chi connectivity index (χ4n) is 2.18. The van der Waals surface area contributed by atoms with Gasteiger partial charge in [0.15, 0.2) is 0 Å². The zero-order chi connectivity index (χ0) is 17.3. The van der Waals surface area contributed by atoms with E-state index < -0.39 is 28.1 Å². The van der Waals surface area contributed by atoms with E-state index >= 15 is 0 Å². The van der Waals surface area contributed by atoms with Crippen LogP contribution in [-0.2, 0) is 20.5 Å². The first-order valence-corrected chi connectivity index (χ1v) is 8.49. The molecule has 1 unspecified atom stereocenters. The molecule has 9 heteroatoms. The second kappa shape index (κ2) is 6.25. The third-order valence-electron chi connectivity index (χ3n) is 3.46. The molecular formula is C14H20N2O6S. The molecule has 2 rings (SSSR count). The van der Waals surface area contributed by atoms with Crippen LogP contribution in [0.1, 0.15) is 26.3 Å². The summed E-state index contributed by atoms with van der Waals surface area (Å²) in [5.74, 6) is 0.659. The van der Waals surface area contributed by atoms with Crippen molar-refractivity contribution in [3.8, 4) is 11.5 Å². The van der Waals surface area contributed by atoms with E-state index in [1.807, 2.05) is 13.8 Å². The lowest BCUT2D eigenvalue weighted by Gasteiger charge is -2.25. The van der Waals surface area contributed by atoms with E-state index in [1.165, 1.54) is 13.1 Å². The molecule has 1 aliphatic heterocycles. The van der Waals surface area contributed by atoms with Crippen LogP contribution >= 0.6 is 0 Å². The number of alkyl carbamates (subject to hydrolysis) is 1. The molecule has 1 atom stereocenters. The largest absolute Gasteiger partial charge is 0.453 e. The van der Waals surface area contributed by atoms with Gasteiger partial charge in [0.25, 0.3) is 6.29 Å². The molecule has 0 saturated heterocycles. The number of rotatable bonds is 5. The zero-order valence-electron chi connectivity index (χ0n) is 13.4. The summed E-state index contributed by atoms with van der Waals surface area (Å²) in [7, 11) is -2.60. The highest BCUT2D eigenvalue weighted by atomic mass is 32.2. The van der Waals surface area contributed by atoms with Gasteiger partial charge in [-0.3, -0.25) is 0 Å². The van der Waals surface area contributed by atoms with Gasteiger partial charge in [-0.05, 0) is 39.0 Å². The van der Waals surface area contributed by atoms with Crippen molar-refractivity contribution in [3.63, 3.8) is 0 Å². The van der Waals surface area contributed by atoms with E-state index in [1.54, 1.807) is 19.1 Å². The first-order chi connectivity index (χ1) is 10.7. The van der Waals surface area contributed by atoms with Crippen LogP contribution in [0.3, 0.4) is 0 Å². The summed E-state index contributed by atoms with van der Waals surface area (Å²) in [4.78, 5) is 11.6. The Morgan fingerprint density at radius 2 is 2.09 bits per heavy atom. The molecule has 128 valence electrons. The molecule has 0 radical (unpaired) electrons. The molecule has 1 aromatic carbocycles. The summed E-state index contributed by atoms with van der Waals surface area (Å²) in [5, 5.41) is 2.53. The van der Waals surface area contributed by atoms with Crippen LogP contribution < -0.4 is 19.0 Å². The minimum atomic E-state index is -3.85. The van der Waals surface area contributed by atoms with Crippen molar-refractivity contribution >= 4 is 16.4 Å². The van der Waals surface area contributed by atoms with Gasteiger partial charge in [-0.15, -0.1) is 0 Å². The molecule has 8 nitrogen and oxygen atoms in total. The van der Waals surface area contributed by atoms with Crippen molar-refractivity contribution in [1.82, 2.24) is 10.0 Å². The fraction of sp³-hybridized carbons (Fsp3) is 0.500. The monoisotopic (exact) mass is 344 g/mol. The average molecular weight is 344 g/mol. The maximum atomic E-state index is 11.6. The summed E-state index contributed by atoms with van der Waals surface area (Å²) in [6, 6.07) is 4.61. The standard InChI is InChI=1S/C14H20N2O6S/c1-5-16-13(17)21-12-14(2,3)10-8-9(6-7-11(10)20-12)22-23(18,19)15-4/h6-8,12,15H,5H2,1-4H3,(H,16,17). The quantitative estimate of drug-likeness (QED) is 0.834. The van der Waals surface area contributed by atoms with Crippen molar-refractivity contribution in [2.24, 2.45) is 0 Å². The lowest BCUT2D eigenvalue weighted by Crippen LogP contribution is -2.39. The molecule has 0 bridgehead atoms. The van der Waals surface area contributed by atoms with Crippen LogP contribution in [0.4, 0.5) is 4.79 Å². The van der Waals surface area contributed by atoms with E-state index in [4.69, 9.17) is 13.7 Å². The van der Waals surface area contributed by atoms with Crippen molar-refractivity contribution < 1.29 is 26.9 Å². The highest BCUT2D eigenvalue weighted by molar-refractivity contribution is 7.85. The number of carbonyl (C=O) groups is 1. The molecule has 2 N–H and O–H groups in total. The Kier molecular flexibility index (Phi) is 4.71. The number of fused-ring (bicyclic) bond motifs is 1. The van der Waals surface area contributed by atoms with Crippen molar-refractivity contribution in [1.29, 1.82) is 0 Å². The number of benzene rings is 1. The van der Waals surface area contributed by atoms with Gasteiger partial charge in [-0.25, -0.2) is 4.79 Å². The van der Waals surface area contributed by atoms with Crippen molar-refractivity contribution in [2.75, 3.05) is 13.6 Å². The van der Waals surface area contributed by atoms with Gasteiger partial charge in [0, 0.05) is 19.2 Å². The molecule has 0 aliphatic carbocycles. The van der Waals surface area contributed by atoms with Gasteiger partial charge in [0.1, 0.15) is 11.5 Å². The maximum Gasteiger partial charge on any atom is 0.410 e. The minimum Gasteiger partial charge on any atom is -0.453 e. The number of hydrogen-bond donors (Lipinski definition) is 2. The molecule has 0 saturated carbocycles. The molecular weight excluding hydrogens is 324 g/mol. The summed E-state index contributed by atoms with van der Waals surface area (Å²) in [5.41, 5.74) is 0.0269. The van der Waals surface area contributed by atoms with Crippen LogP contribution in [0.15, 0.2) is 18.2 Å². The number of carbonyl (C=O) groups excluding carboxylic acids is 1. The average Bonchev–Trinajstić information content (AvgIpc) is 2.70. The first kappa shape index (κ1) is 17.4. The van der Waals surface area contributed by atoms with Crippen molar-refractivity contribution in [2.45, 2.75) is 32.5 Å². The van der Waals surface area contributed by atoms with Gasteiger partial charge in [0.05, 0.1) is 5.41 Å². The normalized spacial score (nSPS) is 18.7. The number of hydrogen-bond acceptors (Lipinski definition) is 6. The molecule has 1 aromatic rings. The van der Waals surface area contributed by atoms with E-state index in [2.05, 4.69) is 10.0 Å². The van der Waals surface area contributed by atoms with Crippen LogP contribution in [-0.4, -0.2) is 34.4 Å². The smallest absolute Gasteiger partial charge is 0.410 e. The van der Waals surface area contributed by atoms with Gasteiger partial charge in [-0.1, -0.05) is 0 Å². The lowest BCUT2D eigenvalue weighted by atomic mass is 9.85. The Balaban J connectivity index is 2.24. The van der Waals surface area contributed by atoms with Crippen LogP contribution in [0, 0.1) is 0 Å². The SMILES string of the molecule is CCNC(=O)OC1Oc2ccc(OS(=O)(=O)NC)cc2C1(C)C. The van der Waals surface area contributed by atoms with E-state index in [0.29, 0.717) is 17.9 Å². The molecule has 1 amide bonds. The fourth-order valence-corrected chi connectivity index (χ4v) is 2.62. The van der Waals surface area contributed by atoms with Crippen LogP contribution in [0.5, 0.6) is 11.5 Å². The summed E-state index contributed by atoms with van der Waals surface area (Å²) in [6.45, 7) is 5.89. The Labute approximate surface area is 135 Å². The van der Waals surface area contributed by atoms with Gasteiger partial charge >= 0.3 is 16.4 Å². The lowest BCUT2D eigenvalue weighted by molar-refractivity contribution is -0.0562. The predicted octanol–water partition coefficient (Wildman–Crippen LogP) is 1.27. The number of amides is 1. The van der Waals surface area contributed by atoms with Gasteiger partial charge in [0.2, 0.25) is 0 Å². The summed E-state index contributed by atoms with van der Waals surface area (Å²) in [6.07, 6.45) is -1.40. The molecule has 1 aliphatic rings. The first-order valence-electron chi connectivity index (χ1n) is 7.08. The molecule has 0 spiro atoms. The van der Waals surface area contributed by atoms with E-state index in [-0.39, 0.29) is 5.75 Å². The molecule has 23 heavy (non-hydrogen) atoms. The second-order valence-electron chi connectivity index (χ2n) is 5.51. The Morgan fingerprint density at radius 3 is 2.70 bits per heavy atom. The maximum absolute atomic E-state index is 11.6. The van der Waals surface area contributed by atoms with Crippen LogP contribution in [0.2, 0.25) is 0 Å². The number of ether oxygens (including phenoxy) is 2. The highest BCUT2D eigenvalue weighted by Gasteiger charge is 2.44. The molecule has 0 fully saturated rings. The Morgan fingerprint density at radius 1 is 1.39 bits per heavy atom. The van der Waals surface area contributed by atoms with Crippen LogP contribution in [0.25, 0.3) is 0 Å². The van der Waals surface area contributed by atoms with Gasteiger partial charge < -0.3 is 19.0 Å². The third kappa shape index (κ3) is 3.67. The van der Waals surface area contributed by atoms with Gasteiger partial charge in [-0.2, -0.15) is 13.1 Å². The van der Waals surface area contributed by atoms with E-state index in [0.717, 1.165) is 0 Å². The highest BCUT2D eigenvalue weighted by Crippen LogP contribution is 2.44. The minimum absolute atomic E-state index is 0.147. The Bertz CT molecular complexity index is 701. The third-order valence-corrected chi connectivity index (χ3v) is 4.37. The Hall–Kier alpha value is -2.00. The zero-order valence-corrected chi connectivity index (χ0v) is 14.2. The molecule has 1 heterocycles. The summed E-state index contributed by atoms with van der Waals surface area (Å²) >= 11 is 0. The van der Waals surface area contributed by atoms with E-state index in [9.17, 15) is 13.2 Å². The second-order valence-corrected chi connectivity index (χ2v) is 6.99. The number of nitrogens with one attached hydrogen (secondary N) is 2. The van der Waals surface area contributed by atoms with Crippen molar-refractivity contribution in [3.05, 3.63) is 23.8 Å². The summed E-state index contributed by atoms with van der Waals surface area (Å²) < 4.78 is 40.8. The molecule has 0 aromatic heterocycles.